The van der Waals surface area contributed by atoms with Crippen molar-refractivity contribution in [3.8, 4) is 0 Å². The van der Waals surface area contributed by atoms with Crippen molar-refractivity contribution in [3.05, 3.63) is 67.6 Å². The lowest BCUT2D eigenvalue weighted by molar-refractivity contribution is -0.384. The minimum Gasteiger partial charge on any atom is -0.323 e. The van der Waals surface area contributed by atoms with E-state index in [1.165, 1.54) is 17.0 Å². The largest absolute Gasteiger partial charge is 0.323 e. The Morgan fingerprint density at radius 1 is 1.09 bits per heavy atom. The summed E-state index contributed by atoms with van der Waals surface area (Å²) in [6.45, 7) is 0. The zero-order valence-electron chi connectivity index (χ0n) is 17.6. The Balaban J connectivity index is 1.70. The van der Waals surface area contributed by atoms with Crippen LogP contribution in [0.5, 0.6) is 0 Å². The van der Waals surface area contributed by atoms with Crippen LogP contribution < -0.4 is 4.90 Å². The van der Waals surface area contributed by atoms with Gasteiger partial charge in [-0.1, -0.05) is 46.8 Å². The van der Waals surface area contributed by atoms with Gasteiger partial charge in [-0.15, -0.1) is 0 Å². The summed E-state index contributed by atoms with van der Waals surface area (Å²) in [5.41, 5.74) is 0.129. The Hall–Kier alpha value is -2.78. The van der Waals surface area contributed by atoms with E-state index in [1.54, 1.807) is 24.3 Å². The van der Waals surface area contributed by atoms with Crippen LogP contribution in [0.15, 0.2) is 46.9 Å². The molecule has 1 heterocycles. The summed E-state index contributed by atoms with van der Waals surface area (Å²) in [5.74, 6) is -1.36. The highest BCUT2D eigenvalue weighted by Crippen LogP contribution is 2.34. The summed E-state index contributed by atoms with van der Waals surface area (Å²) in [6, 6.07) is 9.46. The lowest BCUT2D eigenvalue weighted by atomic mass is 9.92. The molecule has 0 N–H and O–H groups in total. The molecule has 1 atom stereocenters. The highest BCUT2D eigenvalue weighted by Gasteiger charge is 2.46. The molecule has 172 valence electrons. The molecule has 2 fully saturated rings. The monoisotopic (exact) mass is 533 g/mol. The van der Waals surface area contributed by atoms with Crippen molar-refractivity contribution in [1.29, 1.82) is 0 Å². The Kier molecular flexibility index (Phi) is 6.81. The number of amides is 3. The summed E-state index contributed by atoms with van der Waals surface area (Å²) in [7, 11) is 0. The molecule has 2 aromatic rings. The van der Waals surface area contributed by atoms with E-state index in [0.29, 0.717) is 18.5 Å². The predicted octanol–water partition coefficient (Wildman–Crippen LogP) is 5.12. The summed E-state index contributed by atoms with van der Waals surface area (Å²) in [5, 5.41) is 11.3. The van der Waals surface area contributed by atoms with E-state index in [4.69, 9.17) is 11.6 Å². The fraction of sp³-hybridized carbons (Fsp3) is 0.348. The zero-order chi connectivity index (χ0) is 23.7. The van der Waals surface area contributed by atoms with Gasteiger partial charge in [0.05, 0.1) is 17.0 Å². The first kappa shape index (κ1) is 23.4. The van der Waals surface area contributed by atoms with Crippen LogP contribution in [-0.4, -0.2) is 39.6 Å². The van der Waals surface area contributed by atoms with Crippen LogP contribution >= 0.6 is 27.5 Å². The molecule has 10 heteroatoms. The first-order valence-corrected chi connectivity index (χ1v) is 11.8. The molecule has 2 aliphatic rings. The quantitative estimate of drug-likeness (QED) is 0.301. The number of anilines is 1. The van der Waals surface area contributed by atoms with E-state index in [1.807, 2.05) is 0 Å². The zero-order valence-corrected chi connectivity index (χ0v) is 19.9. The van der Waals surface area contributed by atoms with Gasteiger partial charge in [-0.3, -0.25) is 24.5 Å². The number of hydrogen-bond acceptors (Lipinski definition) is 5. The minimum absolute atomic E-state index is 0.0685. The average molecular weight is 535 g/mol. The molecule has 8 nitrogen and oxygen atoms in total. The second-order valence-corrected chi connectivity index (χ2v) is 9.51. The smallest absolute Gasteiger partial charge is 0.288 e. The maximum Gasteiger partial charge on any atom is 0.288 e. The number of nitro benzene ring substituents is 1. The SMILES string of the molecule is O=C1CC(N(C(=O)c2ccc(Cl)c([N+](=O)[O-])c2)C2CCCCC2)C(=O)N1c1ccc(Br)cc1. The molecule has 3 amide bonds. The van der Waals surface area contributed by atoms with Crippen molar-refractivity contribution in [3.63, 3.8) is 0 Å². The van der Waals surface area contributed by atoms with Crippen LogP contribution in [0.4, 0.5) is 11.4 Å². The van der Waals surface area contributed by atoms with E-state index in [-0.39, 0.29) is 34.6 Å². The molecule has 0 aromatic heterocycles. The molecular formula is C23H21BrClN3O5. The van der Waals surface area contributed by atoms with Gasteiger partial charge >= 0.3 is 0 Å². The molecule has 0 bridgehead atoms. The first-order valence-electron chi connectivity index (χ1n) is 10.7. The van der Waals surface area contributed by atoms with E-state index in [0.717, 1.165) is 34.7 Å². The van der Waals surface area contributed by atoms with Crippen molar-refractivity contribution in [1.82, 2.24) is 4.90 Å². The van der Waals surface area contributed by atoms with Crippen LogP contribution in [0, 0.1) is 10.1 Å². The fourth-order valence-electron chi connectivity index (χ4n) is 4.55. The van der Waals surface area contributed by atoms with Crippen LogP contribution in [0.1, 0.15) is 48.9 Å². The molecule has 1 unspecified atom stereocenters. The molecule has 0 radical (unpaired) electrons. The third-order valence-corrected chi connectivity index (χ3v) is 6.98. The number of carbonyl (C=O) groups excluding carboxylic acids is 3. The molecule has 2 aromatic carbocycles. The topological polar surface area (TPSA) is 101 Å². The lowest BCUT2D eigenvalue weighted by Gasteiger charge is -2.37. The number of benzene rings is 2. The van der Waals surface area contributed by atoms with Crippen molar-refractivity contribution in [2.75, 3.05) is 4.90 Å². The molecule has 4 rings (SSSR count). The fourth-order valence-corrected chi connectivity index (χ4v) is 5.00. The number of imide groups is 1. The predicted molar refractivity (Wildman–Crippen MR) is 126 cm³/mol. The van der Waals surface area contributed by atoms with Crippen molar-refractivity contribution in [2.24, 2.45) is 0 Å². The molecule has 33 heavy (non-hydrogen) atoms. The Labute approximate surface area is 203 Å². The van der Waals surface area contributed by atoms with Crippen molar-refractivity contribution >= 4 is 56.6 Å². The van der Waals surface area contributed by atoms with E-state index >= 15 is 0 Å². The molecule has 0 spiro atoms. The second kappa shape index (κ2) is 9.61. The normalized spacial score (nSPS) is 19.1. The van der Waals surface area contributed by atoms with E-state index in [2.05, 4.69) is 15.9 Å². The van der Waals surface area contributed by atoms with Gasteiger partial charge in [0.25, 0.3) is 17.5 Å². The lowest BCUT2D eigenvalue weighted by Crippen LogP contribution is -2.51. The summed E-state index contributed by atoms with van der Waals surface area (Å²) >= 11 is 9.26. The van der Waals surface area contributed by atoms with Gasteiger partial charge in [-0.2, -0.15) is 0 Å². The van der Waals surface area contributed by atoms with E-state index in [9.17, 15) is 24.5 Å². The third-order valence-electron chi connectivity index (χ3n) is 6.14. The Bertz CT molecular complexity index is 1120. The van der Waals surface area contributed by atoms with Gasteiger partial charge < -0.3 is 4.90 Å². The van der Waals surface area contributed by atoms with Gasteiger partial charge in [0.15, 0.2) is 0 Å². The molecule has 1 aliphatic heterocycles. The van der Waals surface area contributed by atoms with Crippen LogP contribution in [0.25, 0.3) is 0 Å². The van der Waals surface area contributed by atoms with Gasteiger partial charge in [0.1, 0.15) is 11.1 Å². The Morgan fingerprint density at radius 2 is 1.76 bits per heavy atom. The number of nitrogens with zero attached hydrogens (tertiary/aromatic N) is 3. The van der Waals surface area contributed by atoms with Crippen molar-refractivity contribution in [2.45, 2.75) is 50.6 Å². The number of halogens is 2. The molecular weight excluding hydrogens is 514 g/mol. The Morgan fingerprint density at radius 3 is 2.39 bits per heavy atom. The van der Waals surface area contributed by atoms with Crippen LogP contribution in [0.2, 0.25) is 5.02 Å². The number of hydrogen-bond donors (Lipinski definition) is 0. The second-order valence-electron chi connectivity index (χ2n) is 8.19. The molecule has 1 saturated carbocycles. The van der Waals surface area contributed by atoms with E-state index < -0.39 is 22.8 Å². The highest BCUT2D eigenvalue weighted by molar-refractivity contribution is 9.10. The summed E-state index contributed by atoms with van der Waals surface area (Å²) in [6.07, 6.45) is 4.12. The highest BCUT2D eigenvalue weighted by atomic mass is 79.9. The minimum atomic E-state index is -0.966. The van der Waals surface area contributed by atoms with Gasteiger partial charge in [-0.05, 0) is 49.2 Å². The maximum absolute atomic E-state index is 13.6. The van der Waals surface area contributed by atoms with Gasteiger partial charge in [-0.25, -0.2) is 4.90 Å². The standard InChI is InChI=1S/C23H21BrClN3O5/c24-15-7-9-17(10-8-15)27-21(29)13-20(23(27)31)26(16-4-2-1-3-5-16)22(30)14-6-11-18(25)19(12-14)28(32)33/h6-12,16,20H,1-5,13H2. The number of nitro groups is 1. The summed E-state index contributed by atoms with van der Waals surface area (Å²) in [4.78, 5) is 53.2. The van der Waals surface area contributed by atoms with Gasteiger partial charge in [0, 0.05) is 22.1 Å². The van der Waals surface area contributed by atoms with Crippen LogP contribution in [-0.2, 0) is 9.59 Å². The number of carbonyl (C=O) groups is 3. The first-order chi connectivity index (χ1) is 15.8. The molecule has 1 aliphatic carbocycles. The van der Waals surface area contributed by atoms with Crippen LogP contribution in [0.3, 0.4) is 0 Å². The maximum atomic E-state index is 13.6. The van der Waals surface area contributed by atoms with Gasteiger partial charge in [0.2, 0.25) is 5.91 Å². The molecule has 1 saturated heterocycles. The average Bonchev–Trinajstić information content (AvgIpc) is 3.09. The summed E-state index contributed by atoms with van der Waals surface area (Å²) < 4.78 is 0.810. The number of rotatable bonds is 5. The third kappa shape index (κ3) is 4.65. The van der Waals surface area contributed by atoms with Crippen molar-refractivity contribution < 1.29 is 19.3 Å².